The van der Waals surface area contributed by atoms with Crippen molar-refractivity contribution in [1.29, 1.82) is 0 Å². The summed E-state index contributed by atoms with van der Waals surface area (Å²) in [5, 5.41) is 0. The van der Waals surface area contributed by atoms with Gasteiger partial charge in [0.05, 0.1) is 0 Å². The van der Waals surface area contributed by atoms with Gasteiger partial charge in [-0.15, -0.1) is 0 Å². The Labute approximate surface area is 231 Å². The summed E-state index contributed by atoms with van der Waals surface area (Å²) in [6.07, 6.45) is 0. The van der Waals surface area contributed by atoms with Gasteiger partial charge in [-0.1, -0.05) is 143 Å². The Morgan fingerprint density at radius 3 is 1.18 bits per heavy atom. The molecule has 5 heteroatoms. The largest absolute Gasteiger partial charge is 0.208 e. The second kappa shape index (κ2) is 10.6. The lowest BCUT2D eigenvalue weighted by molar-refractivity contribution is 1.07. The Hall–Kier alpha value is -4.35. The Morgan fingerprint density at radius 2 is 0.763 bits per heavy atom. The lowest BCUT2D eigenvalue weighted by Crippen LogP contribution is -2.05. The van der Waals surface area contributed by atoms with Crippen LogP contribution >= 0.6 is 15.9 Å². The first-order valence-electron chi connectivity index (χ1n) is 12.5. The predicted molar refractivity (Wildman–Crippen MR) is 163 cm³/mol. The quantitative estimate of drug-likeness (QED) is 0.212. The molecule has 0 saturated heterocycles. The average molecular weight is 552 g/mol. The van der Waals surface area contributed by atoms with E-state index in [2.05, 4.69) is 133 Å². The molecule has 38 heavy (non-hydrogen) atoms. The molecular formula is C33H23BBrN3. The van der Waals surface area contributed by atoms with Gasteiger partial charge in [-0.2, -0.15) is 0 Å². The standard InChI is InChI=1S/C33H23BBrN3/c34-29-19-28(20-30(35)21-29)33-37-31(26-15-11-24(12-16-26)22-7-3-1-4-8-22)36-32(38-33)27-17-13-25(14-18-27)23-9-5-2-6-10-23/h1-21H,34H2. The zero-order valence-electron chi connectivity index (χ0n) is 20.8. The van der Waals surface area contributed by atoms with Gasteiger partial charge in [0, 0.05) is 21.2 Å². The molecule has 1 aromatic heterocycles. The maximum absolute atomic E-state index is 4.92. The van der Waals surface area contributed by atoms with Crippen molar-refractivity contribution >= 4 is 29.2 Å². The van der Waals surface area contributed by atoms with Crippen molar-refractivity contribution in [3.63, 3.8) is 0 Å². The van der Waals surface area contributed by atoms with Crippen LogP contribution in [0.2, 0.25) is 0 Å². The molecule has 0 N–H and O–H groups in total. The van der Waals surface area contributed by atoms with Crippen LogP contribution in [0.1, 0.15) is 0 Å². The fourth-order valence-electron chi connectivity index (χ4n) is 4.51. The second-order valence-electron chi connectivity index (χ2n) is 9.21. The lowest BCUT2D eigenvalue weighted by atomic mass is 9.94. The van der Waals surface area contributed by atoms with Gasteiger partial charge in [-0.3, -0.25) is 0 Å². The van der Waals surface area contributed by atoms with Gasteiger partial charge in [-0.25, -0.2) is 15.0 Å². The third-order valence-electron chi connectivity index (χ3n) is 6.44. The number of hydrogen-bond acceptors (Lipinski definition) is 3. The number of benzene rings is 5. The Balaban J connectivity index is 1.44. The molecule has 0 aliphatic heterocycles. The minimum atomic E-state index is 0.647. The van der Waals surface area contributed by atoms with Crippen molar-refractivity contribution in [3.05, 3.63) is 132 Å². The van der Waals surface area contributed by atoms with E-state index < -0.39 is 0 Å². The molecule has 0 aliphatic carbocycles. The van der Waals surface area contributed by atoms with Crippen LogP contribution < -0.4 is 5.46 Å². The fourth-order valence-corrected chi connectivity index (χ4v) is 5.12. The first kappa shape index (κ1) is 24.0. The normalized spacial score (nSPS) is 10.9. The maximum Gasteiger partial charge on any atom is 0.164 e. The second-order valence-corrected chi connectivity index (χ2v) is 10.1. The minimum Gasteiger partial charge on any atom is -0.208 e. The number of nitrogens with zero attached hydrogens (tertiary/aromatic N) is 3. The van der Waals surface area contributed by atoms with Crippen molar-refractivity contribution in [3.8, 4) is 56.4 Å². The molecular weight excluding hydrogens is 529 g/mol. The third-order valence-corrected chi connectivity index (χ3v) is 6.89. The Kier molecular flexibility index (Phi) is 6.68. The SMILES string of the molecule is Bc1cc(Br)cc(-c2nc(-c3ccc(-c4ccccc4)cc3)nc(-c3ccc(-c4ccccc4)cc3)n2)c1. The van der Waals surface area contributed by atoms with Crippen molar-refractivity contribution in [1.82, 2.24) is 15.0 Å². The Morgan fingerprint density at radius 1 is 0.395 bits per heavy atom. The summed E-state index contributed by atoms with van der Waals surface area (Å²) in [4.78, 5) is 14.7. The number of aromatic nitrogens is 3. The van der Waals surface area contributed by atoms with Crippen LogP contribution in [0, 0.1) is 0 Å². The van der Waals surface area contributed by atoms with Gasteiger partial charge >= 0.3 is 0 Å². The number of rotatable bonds is 5. The van der Waals surface area contributed by atoms with E-state index in [9.17, 15) is 0 Å². The molecule has 0 atom stereocenters. The topological polar surface area (TPSA) is 38.7 Å². The zero-order chi connectivity index (χ0) is 25.9. The molecule has 0 fully saturated rings. The van der Waals surface area contributed by atoms with E-state index >= 15 is 0 Å². The van der Waals surface area contributed by atoms with E-state index in [1.165, 1.54) is 11.1 Å². The van der Waals surface area contributed by atoms with E-state index in [0.29, 0.717) is 17.5 Å². The molecule has 0 aliphatic rings. The summed E-state index contributed by atoms with van der Waals surface area (Å²) >= 11 is 3.63. The van der Waals surface area contributed by atoms with Crippen molar-refractivity contribution < 1.29 is 0 Å². The van der Waals surface area contributed by atoms with Gasteiger partial charge in [0.1, 0.15) is 7.85 Å². The minimum absolute atomic E-state index is 0.647. The third kappa shape index (κ3) is 5.20. The Bertz CT molecular complexity index is 1580. The average Bonchev–Trinajstić information content (AvgIpc) is 2.97. The molecule has 0 radical (unpaired) electrons. The maximum atomic E-state index is 4.92. The highest BCUT2D eigenvalue weighted by molar-refractivity contribution is 9.10. The van der Waals surface area contributed by atoms with E-state index in [4.69, 9.17) is 15.0 Å². The summed E-state index contributed by atoms with van der Waals surface area (Å²) in [5.74, 6) is 1.94. The molecule has 0 saturated carbocycles. The van der Waals surface area contributed by atoms with Crippen LogP contribution in [0.25, 0.3) is 56.4 Å². The molecule has 0 bridgehead atoms. The summed E-state index contributed by atoms with van der Waals surface area (Å²) < 4.78 is 0.996. The number of hydrogen-bond donors (Lipinski definition) is 0. The summed E-state index contributed by atoms with van der Waals surface area (Å²) in [7, 11) is 2.07. The smallest absolute Gasteiger partial charge is 0.164 e. The van der Waals surface area contributed by atoms with Crippen LogP contribution in [0.5, 0.6) is 0 Å². The van der Waals surface area contributed by atoms with Crippen molar-refractivity contribution in [2.75, 3.05) is 0 Å². The first-order chi connectivity index (χ1) is 18.6. The van der Waals surface area contributed by atoms with E-state index in [-0.39, 0.29) is 0 Å². The highest BCUT2D eigenvalue weighted by Crippen LogP contribution is 2.29. The summed E-state index contributed by atoms with van der Waals surface area (Å²) in [5.41, 5.74) is 8.65. The molecule has 6 rings (SSSR count). The van der Waals surface area contributed by atoms with Crippen molar-refractivity contribution in [2.45, 2.75) is 0 Å². The molecule has 180 valence electrons. The zero-order valence-corrected chi connectivity index (χ0v) is 22.4. The van der Waals surface area contributed by atoms with E-state index in [1.807, 2.05) is 18.2 Å². The van der Waals surface area contributed by atoms with Crippen LogP contribution in [0.15, 0.2) is 132 Å². The highest BCUT2D eigenvalue weighted by Gasteiger charge is 2.13. The van der Waals surface area contributed by atoms with Gasteiger partial charge in [0.2, 0.25) is 0 Å². The van der Waals surface area contributed by atoms with Gasteiger partial charge in [0.25, 0.3) is 0 Å². The van der Waals surface area contributed by atoms with Gasteiger partial charge < -0.3 is 0 Å². The lowest BCUT2D eigenvalue weighted by Gasteiger charge is -2.10. The summed E-state index contributed by atoms with van der Waals surface area (Å²) in [6.45, 7) is 0. The molecule has 1 heterocycles. The first-order valence-corrected chi connectivity index (χ1v) is 13.3. The fraction of sp³-hybridized carbons (Fsp3) is 0. The monoisotopic (exact) mass is 551 g/mol. The number of halogens is 1. The van der Waals surface area contributed by atoms with Crippen LogP contribution in [0.4, 0.5) is 0 Å². The molecule has 0 spiro atoms. The van der Waals surface area contributed by atoms with Gasteiger partial charge in [-0.05, 0) is 28.3 Å². The van der Waals surface area contributed by atoms with Crippen LogP contribution in [-0.4, -0.2) is 22.8 Å². The van der Waals surface area contributed by atoms with Crippen molar-refractivity contribution in [2.24, 2.45) is 0 Å². The molecule has 3 nitrogen and oxygen atoms in total. The van der Waals surface area contributed by atoms with Crippen LogP contribution in [-0.2, 0) is 0 Å². The summed E-state index contributed by atoms with van der Waals surface area (Å²) in [6, 6.07) is 43.7. The van der Waals surface area contributed by atoms with E-state index in [1.54, 1.807) is 0 Å². The van der Waals surface area contributed by atoms with Crippen LogP contribution in [0.3, 0.4) is 0 Å². The highest BCUT2D eigenvalue weighted by atomic mass is 79.9. The molecule has 0 amide bonds. The molecule has 6 aromatic rings. The van der Waals surface area contributed by atoms with E-state index in [0.717, 1.165) is 37.8 Å². The molecule has 0 unspecified atom stereocenters. The molecule has 5 aromatic carbocycles. The predicted octanol–water partition coefficient (Wildman–Crippen LogP) is 7.23. The van der Waals surface area contributed by atoms with Gasteiger partial charge in [0.15, 0.2) is 17.5 Å².